The number of nitrogens with zero attached hydrogens (tertiary/aromatic N) is 4. The Labute approximate surface area is 200 Å². The van der Waals surface area contributed by atoms with Crippen LogP contribution < -0.4 is 5.32 Å². The van der Waals surface area contributed by atoms with Crippen LogP contribution in [0, 0.1) is 5.92 Å². The molecule has 6 nitrogen and oxygen atoms in total. The topological polar surface area (TPSA) is 43.3 Å². The molecule has 7 heteroatoms. The molecule has 2 fully saturated rings. The molecule has 2 aliphatic heterocycles. The van der Waals surface area contributed by atoms with Gasteiger partial charge in [0.2, 0.25) is 0 Å². The number of ether oxygens (including phenoxy) is 1. The van der Waals surface area contributed by atoms with Crippen molar-refractivity contribution in [2.45, 2.75) is 26.3 Å². The zero-order valence-electron chi connectivity index (χ0n) is 18.8. The van der Waals surface area contributed by atoms with E-state index in [1.807, 2.05) is 0 Å². The van der Waals surface area contributed by atoms with E-state index in [0.717, 1.165) is 64.9 Å². The third-order valence-corrected chi connectivity index (χ3v) is 6.07. The molecule has 3 rings (SSSR count). The molecule has 1 N–H and O–H groups in total. The minimum Gasteiger partial charge on any atom is -0.383 e. The Morgan fingerprint density at radius 1 is 1.03 bits per heavy atom. The quantitative estimate of drug-likeness (QED) is 0.319. The van der Waals surface area contributed by atoms with Crippen LogP contribution >= 0.6 is 24.0 Å². The van der Waals surface area contributed by atoms with Crippen LogP contribution in [0.5, 0.6) is 0 Å². The van der Waals surface area contributed by atoms with Crippen molar-refractivity contribution in [2.24, 2.45) is 10.9 Å². The fraction of sp³-hybridized carbons (Fsp3) is 0.696. The first kappa shape index (κ1) is 25.4. The smallest absolute Gasteiger partial charge is 0.194 e. The molecular weight excluding hydrogens is 489 g/mol. The Morgan fingerprint density at radius 2 is 1.73 bits per heavy atom. The number of halogens is 1. The summed E-state index contributed by atoms with van der Waals surface area (Å²) >= 11 is 0. The molecule has 1 aromatic rings. The molecule has 30 heavy (non-hydrogen) atoms. The van der Waals surface area contributed by atoms with Gasteiger partial charge in [0.05, 0.1) is 6.61 Å². The molecule has 0 spiro atoms. The van der Waals surface area contributed by atoms with Gasteiger partial charge in [-0.05, 0) is 44.3 Å². The zero-order chi connectivity index (χ0) is 20.3. The molecule has 2 saturated heterocycles. The number of methoxy groups -OCH3 is 1. The number of benzene rings is 1. The molecule has 0 atom stereocenters. The molecule has 0 aromatic heterocycles. The summed E-state index contributed by atoms with van der Waals surface area (Å²) < 4.78 is 5.20. The SMILES string of the molecule is CCNC(=NCC1CCN(CCOC)CC1)N1CCN(Cc2ccccc2)CC1.I. The number of hydrogen-bond acceptors (Lipinski definition) is 4. The van der Waals surface area contributed by atoms with Crippen molar-refractivity contribution in [1.82, 2.24) is 20.0 Å². The lowest BCUT2D eigenvalue weighted by molar-refractivity contribution is 0.121. The van der Waals surface area contributed by atoms with Crippen LogP contribution in [0.15, 0.2) is 35.3 Å². The van der Waals surface area contributed by atoms with Crippen LogP contribution in [0.3, 0.4) is 0 Å². The Balaban J connectivity index is 0.00000320. The Kier molecular flexibility index (Phi) is 12.0. The van der Waals surface area contributed by atoms with Crippen molar-refractivity contribution in [3.05, 3.63) is 35.9 Å². The van der Waals surface area contributed by atoms with Gasteiger partial charge in [0.15, 0.2) is 5.96 Å². The van der Waals surface area contributed by atoms with Gasteiger partial charge < -0.3 is 19.9 Å². The molecule has 1 aromatic carbocycles. The second-order valence-corrected chi connectivity index (χ2v) is 8.22. The highest BCUT2D eigenvalue weighted by molar-refractivity contribution is 14.0. The predicted molar refractivity (Wildman–Crippen MR) is 136 cm³/mol. The fourth-order valence-corrected chi connectivity index (χ4v) is 4.21. The van der Waals surface area contributed by atoms with E-state index in [9.17, 15) is 0 Å². The largest absolute Gasteiger partial charge is 0.383 e. The number of aliphatic imine (C=N–C) groups is 1. The maximum absolute atomic E-state index is 5.20. The second kappa shape index (κ2) is 14.2. The lowest BCUT2D eigenvalue weighted by atomic mass is 9.97. The van der Waals surface area contributed by atoms with Gasteiger partial charge in [0.25, 0.3) is 0 Å². The summed E-state index contributed by atoms with van der Waals surface area (Å²) in [4.78, 5) is 12.5. The van der Waals surface area contributed by atoms with Gasteiger partial charge in [0.1, 0.15) is 0 Å². The van der Waals surface area contributed by atoms with Crippen LogP contribution in [0.2, 0.25) is 0 Å². The van der Waals surface area contributed by atoms with E-state index >= 15 is 0 Å². The van der Waals surface area contributed by atoms with Gasteiger partial charge in [-0.1, -0.05) is 30.3 Å². The first-order chi connectivity index (χ1) is 14.3. The minimum atomic E-state index is 0. The molecule has 0 saturated carbocycles. The third-order valence-electron chi connectivity index (χ3n) is 6.07. The van der Waals surface area contributed by atoms with Gasteiger partial charge in [-0.15, -0.1) is 24.0 Å². The average Bonchev–Trinajstić information content (AvgIpc) is 2.77. The molecule has 0 unspecified atom stereocenters. The van der Waals surface area contributed by atoms with E-state index in [4.69, 9.17) is 9.73 Å². The lowest BCUT2D eigenvalue weighted by Gasteiger charge is -2.37. The van der Waals surface area contributed by atoms with E-state index in [0.29, 0.717) is 5.92 Å². The molecule has 0 amide bonds. The van der Waals surface area contributed by atoms with Crippen molar-refractivity contribution < 1.29 is 4.74 Å². The van der Waals surface area contributed by atoms with Crippen LogP contribution in [0.4, 0.5) is 0 Å². The van der Waals surface area contributed by atoms with Crippen molar-refractivity contribution in [2.75, 3.05) is 72.6 Å². The van der Waals surface area contributed by atoms with Crippen molar-refractivity contribution in [3.63, 3.8) is 0 Å². The first-order valence-electron chi connectivity index (χ1n) is 11.3. The summed E-state index contributed by atoms with van der Waals surface area (Å²) in [6.45, 7) is 13.6. The number of guanidine groups is 1. The Bertz CT molecular complexity index is 599. The molecule has 2 aliphatic rings. The van der Waals surface area contributed by atoms with Crippen LogP contribution in [0.1, 0.15) is 25.3 Å². The van der Waals surface area contributed by atoms with Gasteiger partial charge in [-0.25, -0.2) is 0 Å². The van der Waals surface area contributed by atoms with E-state index in [-0.39, 0.29) is 24.0 Å². The molecule has 0 bridgehead atoms. The lowest BCUT2D eigenvalue weighted by Crippen LogP contribution is -2.52. The summed E-state index contributed by atoms with van der Waals surface area (Å²) in [5.41, 5.74) is 1.40. The highest BCUT2D eigenvalue weighted by Crippen LogP contribution is 2.17. The van der Waals surface area contributed by atoms with Crippen molar-refractivity contribution in [3.8, 4) is 0 Å². The third kappa shape index (κ3) is 8.32. The van der Waals surface area contributed by atoms with E-state index in [2.05, 4.69) is 57.3 Å². The van der Waals surface area contributed by atoms with Gasteiger partial charge in [-0.2, -0.15) is 0 Å². The summed E-state index contributed by atoms with van der Waals surface area (Å²) in [5, 5.41) is 3.52. The second-order valence-electron chi connectivity index (χ2n) is 8.22. The average molecular weight is 530 g/mol. The number of rotatable bonds is 8. The van der Waals surface area contributed by atoms with E-state index in [1.54, 1.807) is 7.11 Å². The number of piperazine rings is 1. The van der Waals surface area contributed by atoms with Gasteiger partial charge in [0, 0.05) is 59.5 Å². The van der Waals surface area contributed by atoms with Crippen LogP contribution in [-0.2, 0) is 11.3 Å². The number of piperidine rings is 1. The summed E-state index contributed by atoms with van der Waals surface area (Å²) in [6.07, 6.45) is 2.49. The van der Waals surface area contributed by atoms with E-state index in [1.165, 1.54) is 31.5 Å². The zero-order valence-corrected chi connectivity index (χ0v) is 21.1. The fourth-order valence-electron chi connectivity index (χ4n) is 4.21. The number of nitrogens with one attached hydrogen (secondary N) is 1. The van der Waals surface area contributed by atoms with Crippen LogP contribution in [0.25, 0.3) is 0 Å². The Hall–Kier alpha value is -0.900. The number of hydrogen-bond donors (Lipinski definition) is 1. The standard InChI is InChI=1S/C23H39N5O.HI/c1-3-24-23(25-19-21-9-11-26(12-10-21)17-18-29-2)28-15-13-27(14-16-28)20-22-7-5-4-6-8-22;/h4-8,21H,3,9-20H2,1-2H3,(H,24,25);1H. The van der Waals surface area contributed by atoms with Crippen molar-refractivity contribution in [1.29, 1.82) is 0 Å². The maximum Gasteiger partial charge on any atom is 0.194 e. The monoisotopic (exact) mass is 529 g/mol. The first-order valence-corrected chi connectivity index (χ1v) is 11.3. The predicted octanol–water partition coefficient (Wildman–Crippen LogP) is 2.75. The normalized spacial score (nSPS) is 19.5. The number of likely N-dealkylation sites (tertiary alicyclic amines) is 1. The summed E-state index contributed by atoms with van der Waals surface area (Å²) in [6, 6.07) is 10.8. The van der Waals surface area contributed by atoms with Crippen molar-refractivity contribution >= 4 is 29.9 Å². The highest BCUT2D eigenvalue weighted by atomic mass is 127. The molecule has 0 radical (unpaired) electrons. The summed E-state index contributed by atoms with van der Waals surface area (Å²) in [5.74, 6) is 1.82. The van der Waals surface area contributed by atoms with E-state index < -0.39 is 0 Å². The van der Waals surface area contributed by atoms with Gasteiger partial charge >= 0.3 is 0 Å². The highest BCUT2D eigenvalue weighted by Gasteiger charge is 2.22. The molecule has 170 valence electrons. The van der Waals surface area contributed by atoms with Crippen LogP contribution in [-0.4, -0.2) is 93.3 Å². The maximum atomic E-state index is 5.20. The Morgan fingerprint density at radius 3 is 2.37 bits per heavy atom. The molecule has 2 heterocycles. The summed E-state index contributed by atoms with van der Waals surface area (Å²) in [7, 11) is 1.78. The van der Waals surface area contributed by atoms with Gasteiger partial charge in [-0.3, -0.25) is 9.89 Å². The molecular formula is C23H40IN5O. The molecule has 0 aliphatic carbocycles. The minimum absolute atomic E-state index is 0.